The summed E-state index contributed by atoms with van der Waals surface area (Å²) in [6, 6.07) is 31.7. The number of nitrogens with zero attached hydrogens (tertiary/aromatic N) is 4. The SMILES string of the molecule is COC(=O)NC(C(=O)N1CC=CC1c1ncc(-c2ccc(-c3ccc(-c4cnc(C5C=CCN5C(=O)[C@@H](NC(=O)OC)c5ccccc5)[nH]4)cc3)cc2)[nH]1)c1ccccc1. The second kappa shape index (κ2) is 17.4. The molecule has 14 nitrogen and oxygen atoms in total. The minimum absolute atomic E-state index is 0.281. The monoisotopic (exact) mass is 802 g/mol. The van der Waals surface area contributed by atoms with Crippen molar-refractivity contribution in [2.75, 3.05) is 27.3 Å². The quantitative estimate of drug-likeness (QED) is 0.0995. The summed E-state index contributed by atoms with van der Waals surface area (Å²) in [7, 11) is 2.53. The lowest BCUT2D eigenvalue weighted by molar-refractivity contribution is -0.134. The summed E-state index contributed by atoms with van der Waals surface area (Å²) in [5.41, 5.74) is 6.80. The molecule has 0 saturated heterocycles. The van der Waals surface area contributed by atoms with E-state index < -0.39 is 36.4 Å². The molecule has 2 aliphatic heterocycles. The van der Waals surface area contributed by atoms with Crippen LogP contribution in [0.3, 0.4) is 0 Å². The number of nitrogens with one attached hydrogen (secondary N) is 4. The highest BCUT2D eigenvalue weighted by molar-refractivity contribution is 5.89. The highest BCUT2D eigenvalue weighted by Crippen LogP contribution is 2.33. The molecular weight excluding hydrogens is 761 g/mol. The van der Waals surface area contributed by atoms with Gasteiger partial charge in [-0.05, 0) is 33.4 Å². The van der Waals surface area contributed by atoms with Crippen molar-refractivity contribution in [3.8, 4) is 33.6 Å². The van der Waals surface area contributed by atoms with Crippen LogP contribution in [0.4, 0.5) is 9.59 Å². The lowest BCUT2D eigenvalue weighted by Gasteiger charge is -2.28. The lowest BCUT2D eigenvalue weighted by atomic mass is 10.0. The standard InChI is InChI=1S/C46H42N8O6/c1-59-45(57)51-39(33-11-5-3-6-12-33)43(55)53-25-9-15-37(53)41-47-27-35(49-41)31-21-17-29(18-22-31)30-19-23-32(24-20-30)36-28-48-42(50-36)38-16-10-26-54(38)44(56)40(52-46(58)60-2)34-13-7-4-8-14-34/h3-24,27-28,37-40H,25-26H2,1-2H3,(H,47,49)(H,48,50)(H,51,57)(H,52,58)/t37?,38?,39-,40?/m0/s1. The molecule has 0 spiro atoms. The largest absolute Gasteiger partial charge is 0.453 e. The van der Waals surface area contributed by atoms with Gasteiger partial charge in [0.05, 0.1) is 38.0 Å². The van der Waals surface area contributed by atoms with Crippen LogP contribution in [-0.2, 0) is 19.1 Å². The van der Waals surface area contributed by atoms with Crippen molar-refractivity contribution in [2.24, 2.45) is 0 Å². The molecule has 2 aliphatic rings. The summed E-state index contributed by atoms with van der Waals surface area (Å²) in [4.78, 5) is 71.5. The van der Waals surface area contributed by atoms with Gasteiger partial charge >= 0.3 is 12.2 Å². The van der Waals surface area contributed by atoms with E-state index in [1.54, 1.807) is 46.5 Å². The minimum atomic E-state index is -0.926. The Bertz CT molecular complexity index is 2360. The Morgan fingerprint density at radius 1 is 0.567 bits per heavy atom. The lowest BCUT2D eigenvalue weighted by Crippen LogP contribution is -2.43. The van der Waals surface area contributed by atoms with Crippen LogP contribution in [0.5, 0.6) is 0 Å². The van der Waals surface area contributed by atoms with Gasteiger partial charge in [0.25, 0.3) is 11.8 Å². The van der Waals surface area contributed by atoms with Crippen LogP contribution in [0.1, 0.15) is 46.9 Å². The maximum absolute atomic E-state index is 13.9. The van der Waals surface area contributed by atoms with Gasteiger partial charge in [0.2, 0.25) is 0 Å². The number of ether oxygens (including phenoxy) is 2. The van der Waals surface area contributed by atoms with Crippen molar-refractivity contribution < 1.29 is 28.7 Å². The highest BCUT2D eigenvalue weighted by Gasteiger charge is 2.36. The van der Waals surface area contributed by atoms with Crippen molar-refractivity contribution in [3.05, 3.63) is 169 Å². The van der Waals surface area contributed by atoms with Crippen LogP contribution in [0.25, 0.3) is 33.6 Å². The van der Waals surface area contributed by atoms with E-state index in [2.05, 4.69) is 30.6 Å². The number of aromatic nitrogens is 4. The van der Waals surface area contributed by atoms with Crippen molar-refractivity contribution in [1.82, 2.24) is 40.4 Å². The van der Waals surface area contributed by atoms with Gasteiger partial charge in [-0.2, -0.15) is 0 Å². The highest BCUT2D eigenvalue weighted by atomic mass is 16.5. The topological polar surface area (TPSA) is 175 Å². The van der Waals surface area contributed by atoms with E-state index in [4.69, 9.17) is 9.47 Å². The normalized spacial score (nSPS) is 16.6. The van der Waals surface area contributed by atoms with Gasteiger partial charge in [-0.1, -0.05) is 133 Å². The van der Waals surface area contributed by atoms with Gasteiger partial charge in [-0.25, -0.2) is 19.6 Å². The molecule has 0 radical (unpaired) electrons. The number of benzene rings is 4. The van der Waals surface area contributed by atoms with Crippen molar-refractivity contribution in [3.63, 3.8) is 0 Å². The predicted octanol–water partition coefficient (Wildman–Crippen LogP) is 7.21. The second-order valence-corrected chi connectivity index (χ2v) is 14.2. The van der Waals surface area contributed by atoms with E-state index >= 15 is 0 Å². The summed E-state index contributed by atoms with van der Waals surface area (Å²) in [6.07, 6.45) is 9.79. The number of alkyl carbamates (subject to hydrolysis) is 2. The first-order chi connectivity index (χ1) is 29.3. The number of imidazole rings is 2. The molecular formula is C46H42N8O6. The number of amides is 4. The fraction of sp³-hybridized carbons (Fsp3) is 0.174. The van der Waals surface area contributed by atoms with Crippen LogP contribution < -0.4 is 10.6 Å². The predicted molar refractivity (Wildman–Crippen MR) is 224 cm³/mol. The third-order valence-electron chi connectivity index (χ3n) is 10.6. The summed E-state index contributed by atoms with van der Waals surface area (Å²) in [5.74, 6) is 0.648. The fourth-order valence-electron chi connectivity index (χ4n) is 7.48. The molecule has 14 heteroatoms. The molecule has 302 valence electrons. The van der Waals surface area contributed by atoms with Crippen molar-refractivity contribution >= 4 is 24.0 Å². The van der Waals surface area contributed by atoms with Crippen LogP contribution in [-0.4, -0.2) is 81.0 Å². The number of carbonyl (C=O) groups excluding carboxylic acids is 4. The molecule has 0 saturated carbocycles. The Morgan fingerprint density at radius 3 is 1.30 bits per heavy atom. The maximum atomic E-state index is 13.9. The number of carbonyl (C=O) groups is 4. The molecule has 6 aromatic rings. The minimum Gasteiger partial charge on any atom is -0.453 e. The van der Waals surface area contributed by atoms with Crippen LogP contribution >= 0.6 is 0 Å². The third-order valence-corrected chi connectivity index (χ3v) is 10.6. The van der Waals surface area contributed by atoms with Crippen LogP contribution in [0.15, 0.2) is 146 Å². The average molecular weight is 803 g/mol. The molecule has 4 aromatic carbocycles. The second-order valence-electron chi connectivity index (χ2n) is 14.2. The van der Waals surface area contributed by atoms with E-state index in [1.165, 1.54) is 14.2 Å². The maximum Gasteiger partial charge on any atom is 0.407 e. The Labute approximate surface area is 346 Å². The van der Waals surface area contributed by atoms with Crippen LogP contribution in [0.2, 0.25) is 0 Å². The fourth-order valence-corrected chi connectivity index (χ4v) is 7.48. The van der Waals surface area contributed by atoms with E-state index in [0.29, 0.717) is 35.9 Å². The van der Waals surface area contributed by atoms with E-state index in [0.717, 1.165) is 33.6 Å². The summed E-state index contributed by atoms with van der Waals surface area (Å²) in [6.45, 7) is 0.733. The zero-order valence-electron chi connectivity index (χ0n) is 32.8. The Balaban J connectivity index is 0.930. The number of hydrogen-bond acceptors (Lipinski definition) is 8. The number of rotatable bonds is 11. The Morgan fingerprint density at radius 2 is 0.933 bits per heavy atom. The molecule has 60 heavy (non-hydrogen) atoms. The van der Waals surface area contributed by atoms with E-state index in [1.807, 2.05) is 109 Å². The molecule has 0 fully saturated rings. The zero-order valence-corrected chi connectivity index (χ0v) is 32.8. The zero-order chi connectivity index (χ0) is 41.6. The van der Waals surface area contributed by atoms with Gasteiger partial charge in [0.1, 0.15) is 35.8 Å². The third kappa shape index (κ3) is 8.16. The molecule has 3 unspecified atom stereocenters. The summed E-state index contributed by atoms with van der Waals surface area (Å²) < 4.78 is 9.62. The Kier molecular flexibility index (Phi) is 11.3. The first kappa shape index (κ1) is 39.1. The summed E-state index contributed by atoms with van der Waals surface area (Å²) >= 11 is 0. The van der Waals surface area contributed by atoms with Gasteiger partial charge in [-0.3, -0.25) is 9.59 Å². The van der Waals surface area contributed by atoms with Gasteiger partial charge in [-0.15, -0.1) is 0 Å². The smallest absolute Gasteiger partial charge is 0.407 e. The van der Waals surface area contributed by atoms with Crippen molar-refractivity contribution in [1.29, 1.82) is 0 Å². The number of methoxy groups -OCH3 is 2. The Hall–Kier alpha value is -7.74. The molecule has 0 aliphatic carbocycles. The summed E-state index contributed by atoms with van der Waals surface area (Å²) in [5, 5.41) is 5.36. The first-order valence-electron chi connectivity index (χ1n) is 19.4. The van der Waals surface area contributed by atoms with Gasteiger partial charge in [0, 0.05) is 13.1 Å². The first-order valence-corrected chi connectivity index (χ1v) is 19.4. The van der Waals surface area contributed by atoms with Crippen molar-refractivity contribution in [2.45, 2.75) is 24.2 Å². The number of aromatic amines is 2. The average Bonchev–Trinajstić information content (AvgIpc) is 4.15. The number of H-pyrrole nitrogens is 2. The van der Waals surface area contributed by atoms with Crippen LogP contribution in [0, 0.1) is 0 Å². The number of hydrogen-bond donors (Lipinski definition) is 4. The van der Waals surface area contributed by atoms with Gasteiger partial charge in [0.15, 0.2) is 0 Å². The molecule has 0 bridgehead atoms. The molecule has 4 heterocycles. The van der Waals surface area contributed by atoms with Gasteiger partial charge < -0.3 is 39.9 Å². The molecule has 2 aromatic heterocycles. The molecule has 4 amide bonds. The molecule has 8 rings (SSSR count). The van der Waals surface area contributed by atoms with E-state index in [9.17, 15) is 19.2 Å². The molecule has 4 N–H and O–H groups in total. The van der Waals surface area contributed by atoms with E-state index in [-0.39, 0.29) is 11.8 Å². The molecule has 4 atom stereocenters.